The largest absolute Gasteiger partial charge is 0.465 e. The minimum Gasteiger partial charge on any atom is -0.465 e. The van der Waals surface area contributed by atoms with E-state index in [1.54, 1.807) is 0 Å². The first-order valence-electron chi connectivity index (χ1n) is 6.15. The van der Waals surface area contributed by atoms with Gasteiger partial charge in [0, 0.05) is 11.8 Å². The molecule has 7 heteroatoms. The maximum absolute atomic E-state index is 12.0. The number of carbonyl (C=O) groups excluding carboxylic acids is 1. The van der Waals surface area contributed by atoms with Crippen LogP contribution in [-0.4, -0.2) is 27.2 Å². The Bertz CT molecular complexity index is 554. The van der Waals surface area contributed by atoms with Gasteiger partial charge in [0.1, 0.15) is 0 Å². The van der Waals surface area contributed by atoms with Crippen molar-refractivity contribution < 1.29 is 17.9 Å². The third kappa shape index (κ3) is 4.38. The summed E-state index contributed by atoms with van der Waals surface area (Å²) in [6, 6.07) is 5.86. The van der Waals surface area contributed by atoms with Gasteiger partial charge in [0.05, 0.1) is 24.1 Å². The summed E-state index contributed by atoms with van der Waals surface area (Å²) in [5.41, 5.74) is 0.629. The number of anilines is 1. The van der Waals surface area contributed by atoms with Crippen molar-refractivity contribution in [2.45, 2.75) is 20.3 Å². The lowest BCUT2D eigenvalue weighted by Gasteiger charge is -2.17. The SMILES string of the molecule is COC(=O)c1ccc(N(Cl)S(=O)(=O)CCC(C)C)cc1. The van der Waals surface area contributed by atoms with Crippen LogP contribution in [0.25, 0.3) is 0 Å². The first-order valence-corrected chi connectivity index (χ1v) is 8.10. The van der Waals surface area contributed by atoms with Crippen LogP contribution in [0, 0.1) is 5.92 Å². The number of carbonyl (C=O) groups is 1. The Morgan fingerprint density at radius 3 is 2.30 bits per heavy atom. The van der Waals surface area contributed by atoms with E-state index < -0.39 is 16.0 Å². The smallest absolute Gasteiger partial charge is 0.337 e. The Balaban J connectivity index is 2.86. The molecule has 0 saturated carbocycles. The van der Waals surface area contributed by atoms with E-state index in [1.165, 1.54) is 31.4 Å². The standard InChI is InChI=1S/C13H18ClNO4S/c1-10(2)8-9-20(17,18)15(14)12-6-4-11(5-7-12)13(16)19-3/h4-7,10H,8-9H2,1-3H3. The average Bonchev–Trinajstić information content (AvgIpc) is 2.43. The molecule has 1 aromatic rings. The van der Waals surface area contributed by atoms with Crippen molar-refractivity contribution in [1.29, 1.82) is 0 Å². The molecule has 0 aliphatic carbocycles. The van der Waals surface area contributed by atoms with Gasteiger partial charge in [0.2, 0.25) is 10.0 Å². The second-order valence-corrected chi connectivity index (χ2v) is 7.23. The molecule has 0 spiro atoms. The van der Waals surface area contributed by atoms with Gasteiger partial charge in [0.25, 0.3) is 0 Å². The van der Waals surface area contributed by atoms with E-state index in [2.05, 4.69) is 4.74 Å². The lowest BCUT2D eigenvalue weighted by molar-refractivity contribution is 0.0601. The third-order valence-corrected chi connectivity index (χ3v) is 4.97. The van der Waals surface area contributed by atoms with Crippen LogP contribution < -0.4 is 3.82 Å². The van der Waals surface area contributed by atoms with Crippen molar-refractivity contribution in [3.8, 4) is 0 Å². The van der Waals surface area contributed by atoms with E-state index in [0.717, 1.165) is 3.82 Å². The number of hydrogen-bond acceptors (Lipinski definition) is 4. The van der Waals surface area contributed by atoms with Gasteiger partial charge in [-0.15, -0.1) is 0 Å². The van der Waals surface area contributed by atoms with Gasteiger partial charge >= 0.3 is 5.97 Å². The highest BCUT2D eigenvalue weighted by Crippen LogP contribution is 2.22. The van der Waals surface area contributed by atoms with Gasteiger partial charge in [-0.2, -0.15) is 3.82 Å². The first-order chi connectivity index (χ1) is 9.27. The molecule has 0 unspecified atom stereocenters. The fourth-order valence-corrected chi connectivity index (χ4v) is 3.15. The Hall–Kier alpha value is -1.27. The van der Waals surface area contributed by atoms with Crippen LogP contribution in [0.15, 0.2) is 24.3 Å². The highest BCUT2D eigenvalue weighted by Gasteiger charge is 2.21. The van der Waals surface area contributed by atoms with Gasteiger partial charge in [-0.25, -0.2) is 13.2 Å². The second kappa shape index (κ2) is 6.95. The number of rotatable bonds is 6. The number of esters is 1. The maximum Gasteiger partial charge on any atom is 0.337 e. The monoisotopic (exact) mass is 319 g/mol. The van der Waals surface area contributed by atoms with Crippen molar-refractivity contribution in [1.82, 2.24) is 0 Å². The van der Waals surface area contributed by atoms with E-state index in [9.17, 15) is 13.2 Å². The van der Waals surface area contributed by atoms with Crippen molar-refractivity contribution in [2.75, 3.05) is 16.7 Å². The van der Waals surface area contributed by atoms with E-state index in [0.29, 0.717) is 17.7 Å². The summed E-state index contributed by atoms with van der Waals surface area (Å²) in [6.45, 7) is 3.89. The van der Waals surface area contributed by atoms with Crippen molar-refractivity contribution >= 4 is 33.5 Å². The Morgan fingerprint density at radius 1 is 1.30 bits per heavy atom. The van der Waals surface area contributed by atoms with Crippen LogP contribution >= 0.6 is 11.8 Å². The third-order valence-electron chi connectivity index (χ3n) is 2.69. The number of hydrogen-bond donors (Lipinski definition) is 0. The summed E-state index contributed by atoms with van der Waals surface area (Å²) < 4.78 is 29.3. The molecule has 0 radical (unpaired) electrons. The molecule has 0 aromatic heterocycles. The summed E-state index contributed by atoms with van der Waals surface area (Å²) in [6.07, 6.45) is 0.534. The Labute approximate surface area is 124 Å². The highest BCUT2D eigenvalue weighted by molar-refractivity contribution is 7.94. The fourth-order valence-electron chi connectivity index (χ4n) is 1.46. The van der Waals surface area contributed by atoms with Gasteiger partial charge in [0.15, 0.2) is 0 Å². The number of halogens is 1. The number of nitrogens with zero attached hydrogens (tertiary/aromatic N) is 1. The molecule has 5 nitrogen and oxygen atoms in total. The molecular weight excluding hydrogens is 302 g/mol. The molecule has 0 heterocycles. The Morgan fingerprint density at radius 2 is 1.85 bits per heavy atom. The molecule has 0 bridgehead atoms. The summed E-state index contributed by atoms with van der Waals surface area (Å²) in [5, 5.41) is 0. The molecule has 0 N–H and O–H groups in total. The van der Waals surface area contributed by atoms with Crippen LogP contribution in [0.2, 0.25) is 0 Å². The lowest BCUT2D eigenvalue weighted by atomic mass is 10.2. The highest BCUT2D eigenvalue weighted by atomic mass is 35.5. The number of ether oxygens (including phenoxy) is 1. The molecule has 0 amide bonds. The van der Waals surface area contributed by atoms with Crippen LogP contribution in [-0.2, 0) is 14.8 Å². The molecular formula is C13H18ClNO4S. The number of sulfonamides is 1. The van der Waals surface area contributed by atoms with Crippen molar-refractivity contribution in [2.24, 2.45) is 5.92 Å². The van der Waals surface area contributed by atoms with Crippen LogP contribution in [0.5, 0.6) is 0 Å². The predicted molar refractivity (Wildman–Crippen MR) is 79.4 cm³/mol. The van der Waals surface area contributed by atoms with Gasteiger partial charge < -0.3 is 4.74 Å². The minimum atomic E-state index is -3.56. The summed E-state index contributed by atoms with van der Waals surface area (Å²) in [4.78, 5) is 11.3. The zero-order valence-electron chi connectivity index (χ0n) is 11.7. The van der Waals surface area contributed by atoms with E-state index in [4.69, 9.17) is 11.8 Å². The zero-order chi connectivity index (χ0) is 15.3. The first kappa shape index (κ1) is 16.8. The molecule has 0 atom stereocenters. The molecule has 1 rings (SSSR count). The molecule has 20 heavy (non-hydrogen) atoms. The number of methoxy groups -OCH3 is 1. The van der Waals surface area contributed by atoms with E-state index in [1.807, 2.05) is 13.8 Å². The molecule has 0 saturated heterocycles. The fraction of sp³-hybridized carbons (Fsp3) is 0.462. The van der Waals surface area contributed by atoms with Gasteiger partial charge in [-0.1, -0.05) is 13.8 Å². The summed E-state index contributed by atoms with van der Waals surface area (Å²) in [5.74, 6) is -0.232. The van der Waals surface area contributed by atoms with Gasteiger partial charge in [-0.3, -0.25) is 0 Å². The quantitative estimate of drug-likeness (QED) is 0.597. The van der Waals surface area contributed by atoms with Gasteiger partial charge in [-0.05, 0) is 36.6 Å². The molecule has 0 fully saturated rings. The van der Waals surface area contributed by atoms with Crippen molar-refractivity contribution in [3.05, 3.63) is 29.8 Å². The van der Waals surface area contributed by atoms with E-state index in [-0.39, 0.29) is 11.7 Å². The summed E-state index contributed by atoms with van der Waals surface area (Å²) >= 11 is 5.88. The molecule has 1 aromatic carbocycles. The molecule has 112 valence electrons. The lowest BCUT2D eigenvalue weighted by Crippen LogP contribution is -2.25. The maximum atomic E-state index is 12.0. The average molecular weight is 320 g/mol. The van der Waals surface area contributed by atoms with E-state index >= 15 is 0 Å². The normalized spacial score (nSPS) is 11.4. The van der Waals surface area contributed by atoms with Crippen LogP contribution in [0.1, 0.15) is 30.6 Å². The topological polar surface area (TPSA) is 63.7 Å². The molecule has 0 aliphatic heterocycles. The second-order valence-electron chi connectivity index (χ2n) is 4.75. The van der Waals surface area contributed by atoms with Crippen LogP contribution in [0.3, 0.4) is 0 Å². The predicted octanol–water partition coefficient (Wildman–Crippen LogP) is 2.81. The number of benzene rings is 1. The Kier molecular flexibility index (Phi) is 5.83. The zero-order valence-corrected chi connectivity index (χ0v) is 13.2. The molecule has 0 aliphatic rings. The minimum absolute atomic E-state index is 0.0209. The summed E-state index contributed by atoms with van der Waals surface area (Å²) in [7, 11) is -2.29. The van der Waals surface area contributed by atoms with Crippen LogP contribution in [0.4, 0.5) is 5.69 Å². The van der Waals surface area contributed by atoms with Crippen molar-refractivity contribution in [3.63, 3.8) is 0 Å².